The van der Waals surface area contributed by atoms with Gasteiger partial charge in [0.2, 0.25) is 0 Å². The highest BCUT2D eigenvalue weighted by molar-refractivity contribution is 5.29. The lowest BCUT2D eigenvalue weighted by atomic mass is 10.0. The third-order valence-electron chi connectivity index (χ3n) is 3.07. The number of hydrogen-bond donors (Lipinski definition) is 1. The van der Waals surface area contributed by atoms with Gasteiger partial charge in [-0.05, 0) is 31.2 Å². The van der Waals surface area contributed by atoms with Gasteiger partial charge >= 0.3 is 0 Å². The van der Waals surface area contributed by atoms with Gasteiger partial charge in [-0.3, -0.25) is 0 Å². The molecule has 3 heteroatoms. The number of benzene rings is 1. The maximum Gasteiger partial charge on any atom is 0.129 e. The van der Waals surface area contributed by atoms with E-state index < -0.39 is 0 Å². The van der Waals surface area contributed by atoms with Crippen LogP contribution in [0.25, 0.3) is 0 Å². The van der Waals surface area contributed by atoms with Crippen LogP contribution in [-0.2, 0) is 11.3 Å². The highest BCUT2D eigenvalue weighted by Crippen LogP contribution is 2.24. The molecule has 19 heavy (non-hydrogen) atoms. The summed E-state index contributed by atoms with van der Waals surface area (Å²) in [6.07, 6.45) is 0. The van der Waals surface area contributed by atoms with Gasteiger partial charge in [0.1, 0.15) is 18.1 Å². The second-order valence-electron chi connectivity index (χ2n) is 4.64. The number of furan rings is 1. The monoisotopic (exact) mass is 259 g/mol. The number of ether oxygens (including phenoxy) is 1. The molecule has 0 saturated heterocycles. The Morgan fingerprint density at radius 3 is 2.53 bits per heavy atom. The lowest BCUT2D eigenvalue weighted by Gasteiger charge is -2.16. The highest BCUT2D eigenvalue weighted by Gasteiger charge is 2.16. The van der Waals surface area contributed by atoms with Crippen molar-refractivity contribution in [3.8, 4) is 0 Å². The molecular weight excluding hydrogens is 238 g/mol. The molecule has 2 rings (SSSR count). The van der Waals surface area contributed by atoms with Gasteiger partial charge in [-0.25, -0.2) is 0 Å². The zero-order valence-corrected chi connectivity index (χ0v) is 11.8. The van der Waals surface area contributed by atoms with Crippen molar-refractivity contribution in [2.24, 2.45) is 0 Å². The predicted octanol–water partition coefficient (Wildman–Crippen LogP) is 3.43. The van der Waals surface area contributed by atoms with E-state index in [1.807, 2.05) is 12.1 Å². The van der Waals surface area contributed by atoms with Gasteiger partial charge in [0.15, 0.2) is 0 Å². The number of hydrogen-bond acceptors (Lipinski definition) is 3. The summed E-state index contributed by atoms with van der Waals surface area (Å²) in [7, 11) is 1.67. The van der Waals surface area contributed by atoms with Crippen molar-refractivity contribution >= 4 is 0 Å². The van der Waals surface area contributed by atoms with Gasteiger partial charge in [-0.1, -0.05) is 36.8 Å². The van der Waals surface area contributed by atoms with E-state index in [9.17, 15) is 0 Å². The molecule has 0 radical (unpaired) electrons. The standard InChI is InChI=1S/C16H21NO2/c1-4-17-16(13-7-5-12(2)6-8-13)15-10-9-14(19-15)11-18-3/h5-10,16-17H,4,11H2,1-3H3. The van der Waals surface area contributed by atoms with Crippen molar-refractivity contribution in [3.05, 3.63) is 59.0 Å². The number of aryl methyl sites for hydroxylation is 1. The smallest absolute Gasteiger partial charge is 0.129 e. The van der Waals surface area contributed by atoms with Crippen LogP contribution in [0.15, 0.2) is 40.8 Å². The molecule has 102 valence electrons. The normalized spacial score (nSPS) is 12.6. The Morgan fingerprint density at radius 2 is 1.89 bits per heavy atom. The summed E-state index contributed by atoms with van der Waals surface area (Å²) in [5.41, 5.74) is 2.48. The molecule has 0 saturated carbocycles. The molecule has 3 nitrogen and oxygen atoms in total. The van der Waals surface area contributed by atoms with Gasteiger partial charge in [-0.15, -0.1) is 0 Å². The molecule has 0 spiro atoms. The predicted molar refractivity (Wildman–Crippen MR) is 76.1 cm³/mol. The summed E-state index contributed by atoms with van der Waals surface area (Å²) >= 11 is 0. The maximum absolute atomic E-state index is 5.84. The molecule has 1 atom stereocenters. The minimum absolute atomic E-state index is 0.0937. The van der Waals surface area contributed by atoms with Crippen molar-refractivity contribution in [2.75, 3.05) is 13.7 Å². The highest BCUT2D eigenvalue weighted by atomic mass is 16.5. The van der Waals surface area contributed by atoms with Gasteiger partial charge in [-0.2, -0.15) is 0 Å². The van der Waals surface area contributed by atoms with Crippen LogP contribution in [0.2, 0.25) is 0 Å². The summed E-state index contributed by atoms with van der Waals surface area (Å²) in [5.74, 6) is 1.78. The van der Waals surface area contributed by atoms with Crippen molar-refractivity contribution in [2.45, 2.75) is 26.5 Å². The molecule has 1 unspecified atom stereocenters. The molecule has 0 bridgehead atoms. The molecule has 2 aromatic rings. The van der Waals surface area contributed by atoms with Gasteiger partial charge in [0.25, 0.3) is 0 Å². The molecule has 0 aliphatic carbocycles. The Labute approximate surface area is 114 Å². The van der Waals surface area contributed by atoms with E-state index in [1.165, 1.54) is 11.1 Å². The Kier molecular flexibility index (Phi) is 4.77. The number of rotatable bonds is 6. The molecule has 0 amide bonds. The van der Waals surface area contributed by atoms with E-state index in [2.05, 4.69) is 43.4 Å². The Morgan fingerprint density at radius 1 is 1.16 bits per heavy atom. The second-order valence-corrected chi connectivity index (χ2v) is 4.64. The van der Waals surface area contributed by atoms with Gasteiger partial charge in [0, 0.05) is 7.11 Å². The fraction of sp³-hybridized carbons (Fsp3) is 0.375. The van der Waals surface area contributed by atoms with Crippen LogP contribution < -0.4 is 5.32 Å². The first-order valence-electron chi connectivity index (χ1n) is 6.62. The Balaban J connectivity index is 2.25. The average molecular weight is 259 g/mol. The molecule has 0 fully saturated rings. The molecule has 0 aliphatic heterocycles. The maximum atomic E-state index is 5.84. The first kappa shape index (κ1) is 13.8. The van der Waals surface area contributed by atoms with Gasteiger partial charge in [0.05, 0.1) is 6.04 Å². The number of methoxy groups -OCH3 is 1. The summed E-state index contributed by atoms with van der Waals surface area (Å²) in [6, 6.07) is 12.6. The molecule has 1 N–H and O–H groups in total. The van der Waals surface area contributed by atoms with Crippen LogP contribution in [-0.4, -0.2) is 13.7 Å². The van der Waals surface area contributed by atoms with E-state index in [-0.39, 0.29) is 6.04 Å². The Hall–Kier alpha value is -1.58. The van der Waals surface area contributed by atoms with Crippen molar-refractivity contribution in [3.63, 3.8) is 0 Å². The van der Waals surface area contributed by atoms with E-state index in [0.717, 1.165) is 18.1 Å². The first-order valence-corrected chi connectivity index (χ1v) is 6.62. The lowest BCUT2D eigenvalue weighted by molar-refractivity contribution is 0.162. The molecule has 1 aromatic carbocycles. The molecule has 0 aliphatic rings. The summed E-state index contributed by atoms with van der Waals surface area (Å²) in [5, 5.41) is 3.46. The van der Waals surface area contributed by atoms with E-state index >= 15 is 0 Å². The summed E-state index contributed by atoms with van der Waals surface area (Å²) < 4.78 is 10.9. The third-order valence-corrected chi connectivity index (χ3v) is 3.07. The third kappa shape index (κ3) is 3.46. The fourth-order valence-corrected chi connectivity index (χ4v) is 2.12. The quantitative estimate of drug-likeness (QED) is 0.863. The molecular formula is C16H21NO2. The van der Waals surface area contributed by atoms with Crippen LogP contribution in [0.1, 0.15) is 35.6 Å². The van der Waals surface area contributed by atoms with Gasteiger partial charge < -0.3 is 14.5 Å². The zero-order chi connectivity index (χ0) is 13.7. The van der Waals surface area contributed by atoms with Crippen LogP contribution >= 0.6 is 0 Å². The SMILES string of the molecule is CCNC(c1ccc(C)cc1)c1ccc(COC)o1. The second kappa shape index (κ2) is 6.55. The largest absolute Gasteiger partial charge is 0.462 e. The topological polar surface area (TPSA) is 34.4 Å². The van der Waals surface area contributed by atoms with Crippen LogP contribution in [0.3, 0.4) is 0 Å². The van der Waals surface area contributed by atoms with Crippen LogP contribution in [0.4, 0.5) is 0 Å². The number of nitrogens with one attached hydrogen (secondary N) is 1. The molecule has 1 heterocycles. The first-order chi connectivity index (χ1) is 9.24. The van der Waals surface area contributed by atoms with Crippen LogP contribution in [0.5, 0.6) is 0 Å². The van der Waals surface area contributed by atoms with E-state index in [1.54, 1.807) is 7.11 Å². The van der Waals surface area contributed by atoms with E-state index in [4.69, 9.17) is 9.15 Å². The zero-order valence-electron chi connectivity index (χ0n) is 11.8. The van der Waals surface area contributed by atoms with E-state index in [0.29, 0.717) is 6.61 Å². The minimum atomic E-state index is 0.0937. The van der Waals surface area contributed by atoms with Crippen molar-refractivity contribution in [1.29, 1.82) is 0 Å². The average Bonchev–Trinajstić information content (AvgIpc) is 2.86. The minimum Gasteiger partial charge on any atom is -0.462 e. The van der Waals surface area contributed by atoms with Crippen molar-refractivity contribution < 1.29 is 9.15 Å². The van der Waals surface area contributed by atoms with Crippen molar-refractivity contribution in [1.82, 2.24) is 5.32 Å². The fourth-order valence-electron chi connectivity index (χ4n) is 2.12. The Bertz CT molecular complexity index is 502. The molecule has 1 aromatic heterocycles. The van der Waals surface area contributed by atoms with Crippen LogP contribution in [0, 0.1) is 6.92 Å². The lowest BCUT2D eigenvalue weighted by Crippen LogP contribution is -2.21. The summed E-state index contributed by atoms with van der Waals surface area (Å²) in [4.78, 5) is 0. The summed E-state index contributed by atoms with van der Waals surface area (Å²) in [6.45, 7) is 5.58.